The Labute approximate surface area is 181 Å². The summed E-state index contributed by atoms with van der Waals surface area (Å²) in [5.74, 6) is -0.360. The van der Waals surface area contributed by atoms with Gasteiger partial charge in [0.2, 0.25) is 11.8 Å². The first-order valence-corrected chi connectivity index (χ1v) is 9.32. The zero-order valence-electron chi connectivity index (χ0n) is 17.3. The van der Waals surface area contributed by atoms with Gasteiger partial charge in [-0.3, -0.25) is 10.1 Å². The quantitative estimate of drug-likeness (QED) is 0.274. The van der Waals surface area contributed by atoms with Crippen LogP contribution in [0.15, 0.2) is 36.5 Å². The number of halogens is 1. The van der Waals surface area contributed by atoms with Crippen LogP contribution in [0.1, 0.15) is 11.3 Å². The maximum atomic E-state index is 13.9. The number of nitrogens with zero attached hydrogens (tertiary/aromatic N) is 6. The van der Waals surface area contributed by atoms with Gasteiger partial charge in [0.1, 0.15) is 5.75 Å². The number of nitro benzene ring substituents is 1. The Morgan fingerprint density at radius 2 is 2.06 bits per heavy atom. The highest BCUT2D eigenvalue weighted by Crippen LogP contribution is 2.33. The lowest BCUT2D eigenvalue weighted by Crippen LogP contribution is -2.07. The third-order valence-electron chi connectivity index (χ3n) is 4.83. The molecule has 11 heteroatoms. The Morgan fingerprint density at radius 3 is 2.75 bits per heavy atom. The number of ether oxygens (including phenoxy) is 1. The van der Waals surface area contributed by atoms with Gasteiger partial charge in [-0.2, -0.15) is 14.5 Å². The number of rotatable bonds is 5. The fourth-order valence-corrected chi connectivity index (χ4v) is 3.27. The van der Waals surface area contributed by atoms with Gasteiger partial charge in [-0.05, 0) is 26.0 Å². The Hall–Kier alpha value is -4.59. The molecule has 2 aromatic heterocycles. The van der Waals surface area contributed by atoms with Crippen molar-refractivity contribution in [2.45, 2.75) is 13.8 Å². The van der Waals surface area contributed by atoms with E-state index in [-0.39, 0.29) is 17.4 Å². The van der Waals surface area contributed by atoms with Gasteiger partial charge in [0.25, 0.3) is 0 Å². The highest BCUT2D eigenvalue weighted by Gasteiger charge is 2.20. The zero-order valence-corrected chi connectivity index (χ0v) is 17.3. The van der Waals surface area contributed by atoms with E-state index in [9.17, 15) is 14.5 Å². The molecule has 0 saturated heterocycles. The number of benzene rings is 2. The number of hydrogen-bond donors (Lipinski definition) is 1. The van der Waals surface area contributed by atoms with Gasteiger partial charge in [0.15, 0.2) is 11.5 Å². The Kier molecular flexibility index (Phi) is 5.11. The van der Waals surface area contributed by atoms with Gasteiger partial charge in [-0.1, -0.05) is 6.07 Å². The number of methoxy groups -OCH3 is 1. The zero-order chi connectivity index (χ0) is 23.0. The molecule has 32 heavy (non-hydrogen) atoms. The van der Waals surface area contributed by atoms with Crippen molar-refractivity contribution in [3.63, 3.8) is 0 Å². The van der Waals surface area contributed by atoms with Crippen molar-refractivity contribution in [2.24, 2.45) is 0 Å². The molecule has 0 aliphatic heterocycles. The molecule has 0 aliphatic rings. The lowest BCUT2D eigenvalue weighted by atomic mass is 10.2. The maximum absolute atomic E-state index is 13.9. The Bertz CT molecular complexity index is 1430. The number of nitro groups is 1. The fraction of sp³-hybridized carbons (Fsp3) is 0.143. The van der Waals surface area contributed by atoms with Gasteiger partial charge < -0.3 is 10.1 Å². The second-order valence-corrected chi connectivity index (χ2v) is 6.90. The van der Waals surface area contributed by atoms with Crippen LogP contribution in [0.4, 0.5) is 27.4 Å². The number of fused-ring (bicyclic) bond motifs is 1. The molecule has 2 heterocycles. The summed E-state index contributed by atoms with van der Waals surface area (Å²) >= 11 is 0. The van der Waals surface area contributed by atoms with Crippen molar-refractivity contribution in [3.05, 3.63) is 75.1 Å². The van der Waals surface area contributed by atoms with Crippen molar-refractivity contribution < 1.29 is 14.1 Å². The van der Waals surface area contributed by atoms with Crippen LogP contribution in [0.5, 0.6) is 5.75 Å². The summed E-state index contributed by atoms with van der Waals surface area (Å²) in [7, 11) is 1.32. The van der Waals surface area contributed by atoms with Crippen LogP contribution in [-0.4, -0.2) is 31.8 Å². The molecule has 4 rings (SSSR count). The summed E-state index contributed by atoms with van der Waals surface area (Å²) in [6, 6.07) is 7.21. The minimum Gasteiger partial charge on any atom is -0.494 e. The fourth-order valence-electron chi connectivity index (χ4n) is 3.27. The van der Waals surface area contributed by atoms with Gasteiger partial charge in [-0.25, -0.2) is 14.5 Å². The highest BCUT2D eigenvalue weighted by molar-refractivity contribution is 5.86. The smallest absolute Gasteiger partial charge is 0.307 e. The lowest BCUT2D eigenvalue weighted by Gasteiger charge is -2.12. The lowest BCUT2D eigenvalue weighted by molar-refractivity contribution is -0.387. The Morgan fingerprint density at radius 1 is 1.28 bits per heavy atom. The summed E-state index contributed by atoms with van der Waals surface area (Å²) in [5.41, 5.74) is 2.16. The van der Waals surface area contributed by atoms with Crippen LogP contribution < -0.4 is 10.1 Å². The summed E-state index contributed by atoms with van der Waals surface area (Å²) < 4.78 is 20.7. The average molecular weight is 433 g/mol. The minimum absolute atomic E-state index is 0.0610. The summed E-state index contributed by atoms with van der Waals surface area (Å²) in [6.07, 6.45) is 1.57. The number of hydrogen-bond acceptors (Lipinski definition) is 7. The molecule has 0 aliphatic carbocycles. The number of aromatic nitrogens is 4. The number of anilines is 2. The van der Waals surface area contributed by atoms with E-state index in [2.05, 4.69) is 25.2 Å². The predicted molar refractivity (Wildman–Crippen MR) is 115 cm³/mol. The molecule has 10 nitrogen and oxygen atoms in total. The molecule has 0 unspecified atom stereocenters. The van der Waals surface area contributed by atoms with Crippen LogP contribution >= 0.6 is 0 Å². The van der Waals surface area contributed by atoms with Crippen LogP contribution in [0, 0.1) is 36.4 Å². The van der Waals surface area contributed by atoms with Gasteiger partial charge in [-0.15, -0.1) is 0 Å². The van der Waals surface area contributed by atoms with Crippen LogP contribution in [0.25, 0.3) is 21.6 Å². The molecular weight excluding hydrogens is 417 g/mol. The third-order valence-corrected chi connectivity index (χ3v) is 4.83. The van der Waals surface area contributed by atoms with Gasteiger partial charge in [0, 0.05) is 29.3 Å². The molecule has 2 aromatic carbocycles. The molecule has 0 spiro atoms. The third kappa shape index (κ3) is 3.54. The molecule has 160 valence electrons. The molecule has 0 saturated carbocycles. The SMILES string of the molecule is [C-]#[N+]c1ccc2c(c1)c(C)nn2-c1nc(Nc2cc([N+](=O)[O-])c(F)cc2OC)ncc1C. The predicted octanol–water partition coefficient (Wildman–Crippen LogP) is 4.78. The van der Waals surface area contributed by atoms with Crippen molar-refractivity contribution in [3.8, 4) is 11.6 Å². The summed E-state index contributed by atoms with van der Waals surface area (Å²) in [4.78, 5) is 22.5. The first kappa shape index (κ1) is 20.7. The van der Waals surface area contributed by atoms with Crippen molar-refractivity contribution in [1.29, 1.82) is 0 Å². The molecule has 0 radical (unpaired) electrons. The van der Waals surface area contributed by atoms with E-state index in [0.29, 0.717) is 11.5 Å². The van der Waals surface area contributed by atoms with Crippen LogP contribution in [0.3, 0.4) is 0 Å². The first-order valence-electron chi connectivity index (χ1n) is 9.32. The summed E-state index contributed by atoms with van der Waals surface area (Å²) in [5, 5.41) is 19.4. The molecule has 1 N–H and O–H groups in total. The average Bonchev–Trinajstić information content (AvgIpc) is 3.11. The molecular formula is C21H16FN7O3. The summed E-state index contributed by atoms with van der Waals surface area (Å²) in [6.45, 7) is 10.9. The molecule has 0 fully saturated rings. The van der Waals surface area contributed by atoms with Crippen molar-refractivity contribution in [2.75, 3.05) is 12.4 Å². The van der Waals surface area contributed by atoms with E-state index in [1.54, 1.807) is 29.1 Å². The second kappa shape index (κ2) is 7.92. The van der Waals surface area contributed by atoms with Crippen molar-refractivity contribution >= 4 is 33.9 Å². The molecule has 0 amide bonds. The number of aryl methyl sites for hydroxylation is 2. The largest absolute Gasteiger partial charge is 0.494 e. The topological polar surface area (TPSA) is 112 Å². The van der Waals surface area contributed by atoms with E-state index in [1.807, 2.05) is 13.8 Å². The minimum atomic E-state index is -1.01. The van der Waals surface area contributed by atoms with E-state index >= 15 is 0 Å². The van der Waals surface area contributed by atoms with Gasteiger partial charge in [0.05, 0.1) is 35.5 Å². The maximum Gasteiger partial charge on any atom is 0.307 e. The highest BCUT2D eigenvalue weighted by atomic mass is 19.1. The van der Waals surface area contributed by atoms with E-state index in [4.69, 9.17) is 11.3 Å². The number of nitrogens with one attached hydrogen (secondary N) is 1. The molecule has 0 atom stereocenters. The monoisotopic (exact) mass is 433 g/mol. The van der Waals surface area contributed by atoms with Crippen LogP contribution in [-0.2, 0) is 0 Å². The van der Waals surface area contributed by atoms with E-state index < -0.39 is 16.4 Å². The van der Waals surface area contributed by atoms with Crippen molar-refractivity contribution in [1.82, 2.24) is 19.7 Å². The van der Waals surface area contributed by atoms with Crippen LogP contribution in [0.2, 0.25) is 0 Å². The Balaban J connectivity index is 1.80. The van der Waals surface area contributed by atoms with E-state index in [0.717, 1.165) is 34.3 Å². The van der Waals surface area contributed by atoms with Gasteiger partial charge >= 0.3 is 5.69 Å². The van der Waals surface area contributed by atoms with E-state index in [1.165, 1.54) is 7.11 Å². The normalized spacial score (nSPS) is 10.7. The first-order chi connectivity index (χ1) is 15.3. The second-order valence-electron chi connectivity index (χ2n) is 6.90. The standard InChI is InChI=1S/C21H16FN7O3/c1-11-10-24-21(25-16-9-18(29(30)31)15(22)8-19(16)32-4)26-20(11)28-17-6-5-13(23-3)7-14(17)12(2)27-28/h5-10H,1-2,4H3,(H,24,25,26). The molecule has 4 aromatic rings. The molecule has 0 bridgehead atoms.